The molecule has 0 aliphatic heterocycles. The van der Waals surface area contributed by atoms with Gasteiger partial charge in [-0.1, -0.05) is 24.0 Å². The zero-order chi connectivity index (χ0) is 12.0. The lowest BCUT2D eigenvalue weighted by Gasteiger charge is -1.99. The molecule has 0 aliphatic carbocycles. The Bertz CT molecular complexity index is 458. The number of esters is 1. The van der Waals surface area contributed by atoms with Gasteiger partial charge in [-0.05, 0) is 0 Å². The van der Waals surface area contributed by atoms with Gasteiger partial charge in [0.25, 0.3) is 0 Å². The van der Waals surface area contributed by atoms with Gasteiger partial charge in [-0.2, -0.15) is 5.26 Å². The number of rotatable bonds is 5. The number of nitrogens with zero attached hydrogens (tertiary/aromatic N) is 1. The summed E-state index contributed by atoms with van der Waals surface area (Å²) in [7, 11) is 1.36. The molecule has 0 aromatic carbocycles. The molecule has 0 spiro atoms. The van der Waals surface area contributed by atoms with E-state index in [0.717, 1.165) is 11.6 Å². The Kier molecular flexibility index (Phi) is 6.38. The third-order valence-electron chi connectivity index (χ3n) is 1.34. The molecule has 0 amide bonds. The minimum atomic E-state index is -0.259. The first-order valence-corrected chi connectivity index (χ1v) is 8.02. The van der Waals surface area contributed by atoms with E-state index in [-0.39, 0.29) is 11.7 Å². The average molecular weight is 309 g/mol. The Morgan fingerprint density at radius 1 is 1.50 bits per heavy atom. The summed E-state index contributed by atoms with van der Waals surface area (Å²) in [5.41, 5.74) is 0. The van der Waals surface area contributed by atoms with E-state index < -0.39 is 0 Å². The van der Waals surface area contributed by atoms with Crippen molar-refractivity contribution >= 4 is 64.4 Å². The van der Waals surface area contributed by atoms with Gasteiger partial charge in [0.1, 0.15) is 3.14 Å². The second-order valence-corrected chi connectivity index (χ2v) is 8.05. The van der Waals surface area contributed by atoms with Gasteiger partial charge in [0.2, 0.25) is 0 Å². The summed E-state index contributed by atoms with van der Waals surface area (Å²) in [5, 5.41) is 8.51. The van der Waals surface area contributed by atoms with Crippen molar-refractivity contribution in [3.63, 3.8) is 0 Å². The summed E-state index contributed by atoms with van der Waals surface area (Å²) < 4.78 is 7.40. The largest absolute Gasteiger partial charge is 0.468 e. The van der Waals surface area contributed by atoms with Gasteiger partial charge in [-0.15, -0.1) is 34.4 Å². The minimum absolute atomic E-state index is 0.259. The maximum absolute atomic E-state index is 11.0. The quantitative estimate of drug-likeness (QED) is 0.472. The third kappa shape index (κ3) is 4.43. The van der Waals surface area contributed by atoms with Gasteiger partial charge in [0, 0.05) is 0 Å². The zero-order valence-electron chi connectivity index (χ0n) is 8.22. The van der Waals surface area contributed by atoms with Gasteiger partial charge in [-0.25, -0.2) is 0 Å². The predicted molar refractivity (Wildman–Crippen MR) is 72.1 cm³/mol. The monoisotopic (exact) mass is 309 g/mol. The van der Waals surface area contributed by atoms with E-state index in [4.69, 9.17) is 17.5 Å². The first kappa shape index (κ1) is 14.0. The van der Waals surface area contributed by atoms with Crippen molar-refractivity contribution in [2.24, 2.45) is 0 Å². The molecule has 1 aromatic heterocycles. The van der Waals surface area contributed by atoms with E-state index in [9.17, 15) is 4.79 Å². The van der Waals surface area contributed by atoms with E-state index in [0.29, 0.717) is 5.75 Å². The molecule has 0 aliphatic rings. The van der Waals surface area contributed by atoms with Crippen molar-refractivity contribution in [3.8, 4) is 6.07 Å². The second-order valence-electron chi connectivity index (χ2n) is 2.34. The minimum Gasteiger partial charge on any atom is -0.468 e. The maximum atomic E-state index is 11.0. The maximum Gasteiger partial charge on any atom is 0.316 e. The SMILES string of the molecule is COC(=O)CSc1sc(=S)sc1SCC#N. The molecule has 0 fully saturated rings. The smallest absolute Gasteiger partial charge is 0.316 e. The van der Waals surface area contributed by atoms with Crippen molar-refractivity contribution in [3.05, 3.63) is 3.14 Å². The van der Waals surface area contributed by atoms with E-state index in [1.807, 2.05) is 0 Å². The highest BCUT2D eigenvalue weighted by Crippen LogP contribution is 2.40. The van der Waals surface area contributed by atoms with Crippen LogP contribution < -0.4 is 0 Å². The molecule has 0 unspecified atom stereocenters. The van der Waals surface area contributed by atoms with Gasteiger partial charge >= 0.3 is 5.97 Å². The molecule has 3 nitrogen and oxygen atoms in total. The van der Waals surface area contributed by atoms with Crippen LogP contribution in [0.4, 0.5) is 0 Å². The second kappa shape index (κ2) is 7.29. The first-order valence-electron chi connectivity index (χ1n) is 4.00. The van der Waals surface area contributed by atoms with Crippen LogP contribution in [0, 0.1) is 14.5 Å². The summed E-state index contributed by atoms with van der Waals surface area (Å²) in [4.78, 5) is 11.0. The van der Waals surface area contributed by atoms with Gasteiger partial charge < -0.3 is 4.74 Å². The topological polar surface area (TPSA) is 50.1 Å². The lowest BCUT2D eigenvalue weighted by atomic mass is 10.8. The highest BCUT2D eigenvalue weighted by molar-refractivity contribution is 8.05. The van der Waals surface area contributed by atoms with E-state index in [2.05, 4.69) is 10.8 Å². The molecular formula is C8H7NO2S5. The summed E-state index contributed by atoms with van der Waals surface area (Å²) in [6.07, 6.45) is 0. The van der Waals surface area contributed by atoms with Crippen molar-refractivity contribution < 1.29 is 9.53 Å². The van der Waals surface area contributed by atoms with E-state index in [1.54, 1.807) is 0 Å². The number of methoxy groups -OCH3 is 1. The lowest BCUT2D eigenvalue weighted by molar-refractivity contribution is -0.137. The van der Waals surface area contributed by atoms with Crippen molar-refractivity contribution in [2.75, 3.05) is 18.6 Å². The number of hydrogen-bond donors (Lipinski definition) is 0. The molecule has 0 saturated heterocycles. The van der Waals surface area contributed by atoms with E-state index >= 15 is 0 Å². The summed E-state index contributed by atoms with van der Waals surface area (Å²) in [6.45, 7) is 0. The Balaban J connectivity index is 2.67. The summed E-state index contributed by atoms with van der Waals surface area (Å²) >= 11 is 10.9. The molecular weight excluding hydrogens is 302 g/mol. The normalized spacial score (nSPS) is 9.75. The number of thioether (sulfide) groups is 2. The average Bonchev–Trinajstić information content (AvgIpc) is 2.63. The number of hydrogen-bond acceptors (Lipinski definition) is 8. The molecule has 1 aromatic rings. The number of carbonyl (C=O) groups is 1. The number of ether oxygens (including phenoxy) is 1. The zero-order valence-corrected chi connectivity index (χ0v) is 12.3. The van der Waals surface area contributed by atoms with Crippen LogP contribution in [0.15, 0.2) is 8.42 Å². The fourth-order valence-corrected chi connectivity index (χ4v) is 6.31. The highest BCUT2D eigenvalue weighted by atomic mass is 32.2. The molecule has 0 bridgehead atoms. The van der Waals surface area contributed by atoms with Gasteiger partial charge in [-0.3, -0.25) is 4.79 Å². The van der Waals surface area contributed by atoms with Crippen LogP contribution in [0.1, 0.15) is 0 Å². The Morgan fingerprint density at radius 2 is 2.12 bits per heavy atom. The number of nitriles is 1. The molecule has 8 heteroatoms. The van der Waals surface area contributed by atoms with Gasteiger partial charge in [0.05, 0.1) is 33.1 Å². The Labute approximate surface area is 115 Å². The van der Waals surface area contributed by atoms with Crippen LogP contribution in [-0.2, 0) is 9.53 Å². The van der Waals surface area contributed by atoms with Gasteiger partial charge in [0.15, 0.2) is 0 Å². The summed E-state index contributed by atoms with van der Waals surface area (Å²) in [6, 6.07) is 2.07. The fourth-order valence-electron chi connectivity index (χ4n) is 0.714. The predicted octanol–water partition coefficient (Wildman–Crippen LogP) is 3.42. The molecule has 0 N–H and O–H groups in total. The van der Waals surface area contributed by atoms with Crippen LogP contribution in [0.2, 0.25) is 0 Å². The lowest BCUT2D eigenvalue weighted by Crippen LogP contribution is -2.02. The standard InChI is InChI=1S/C8H7NO2S5/c1-11-5(10)4-14-7-6(13-3-2-9)15-8(12)16-7/h3-4H2,1H3. The molecule has 1 rings (SSSR count). The summed E-state index contributed by atoms with van der Waals surface area (Å²) in [5.74, 6) is 0.414. The third-order valence-corrected chi connectivity index (χ3v) is 6.76. The molecule has 16 heavy (non-hydrogen) atoms. The van der Waals surface area contributed by atoms with E-state index in [1.165, 1.54) is 53.3 Å². The number of carbonyl (C=O) groups excluding carboxylic acids is 1. The van der Waals surface area contributed by atoms with Crippen molar-refractivity contribution in [1.29, 1.82) is 5.26 Å². The fraction of sp³-hybridized carbons (Fsp3) is 0.375. The first-order chi connectivity index (χ1) is 7.67. The van der Waals surface area contributed by atoms with Crippen LogP contribution in [0.3, 0.4) is 0 Å². The van der Waals surface area contributed by atoms with Crippen LogP contribution in [-0.4, -0.2) is 24.6 Å². The molecule has 1 heterocycles. The van der Waals surface area contributed by atoms with Crippen molar-refractivity contribution in [2.45, 2.75) is 8.42 Å². The Morgan fingerprint density at radius 3 is 2.69 bits per heavy atom. The van der Waals surface area contributed by atoms with Crippen LogP contribution >= 0.6 is 58.4 Å². The highest BCUT2D eigenvalue weighted by Gasteiger charge is 2.11. The molecule has 86 valence electrons. The van der Waals surface area contributed by atoms with Crippen LogP contribution in [0.25, 0.3) is 0 Å². The molecule has 0 atom stereocenters. The van der Waals surface area contributed by atoms with Crippen LogP contribution in [0.5, 0.6) is 0 Å². The Hall–Kier alpha value is -0.0700. The van der Waals surface area contributed by atoms with Crippen molar-refractivity contribution in [1.82, 2.24) is 0 Å². The molecule has 0 saturated carbocycles. The molecule has 0 radical (unpaired) electrons.